The maximum atomic E-state index is 12.7. The molecule has 8 nitrogen and oxygen atoms in total. The predicted octanol–water partition coefficient (Wildman–Crippen LogP) is 1.99. The third kappa shape index (κ3) is 3.28. The highest BCUT2D eigenvalue weighted by Crippen LogP contribution is 2.20. The Balaban J connectivity index is 1.52. The molecule has 0 saturated carbocycles. The Bertz CT molecular complexity index is 1110. The summed E-state index contributed by atoms with van der Waals surface area (Å²) in [5.41, 5.74) is 1.29. The summed E-state index contributed by atoms with van der Waals surface area (Å²) in [5, 5.41) is 2.93. The summed E-state index contributed by atoms with van der Waals surface area (Å²) < 4.78 is 5.42. The third-order valence-electron chi connectivity index (χ3n) is 4.92. The minimum Gasteiger partial charge on any atom is -0.442 e. The molecule has 1 fully saturated rings. The van der Waals surface area contributed by atoms with E-state index in [1.165, 1.54) is 6.33 Å². The lowest BCUT2D eigenvalue weighted by atomic mass is 10.1. The second kappa shape index (κ2) is 7.30. The molecule has 2 N–H and O–H groups in total. The van der Waals surface area contributed by atoms with E-state index in [4.69, 9.17) is 4.42 Å². The maximum absolute atomic E-state index is 12.7. The zero-order valence-electron chi connectivity index (χ0n) is 15.4. The fourth-order valence-electron chi connectivity index (χ4n) is 3.51. The number of hydrogen-bond acceptors (Lipinski definition) is 5. The Morgan fingerprint density at radius 2 is 2.07 bits per heavy atom. The van der Waals surface area contributed by atoms with Gasteiger partial charge >= 0.3 is 0 Å². The van der Waals surface area contributed by atoms with Crippen LogP contribution in [0.25, 0.3) is 11.1 Å². The third-order valence-corrected chi connectivity index (χ3v) is 4.92. The summed E-state index contributed by atoms with van der Waals surface area (Å²) in [5.74, 6) is -0.0827. The van der Waals surface area contributed by atoms with E-state index < -0.39 is 11.5 Å². The SMILES string of the molecule is Cc1oc2nc[nH]c(=O)c2c1C(=O)NCc1cccc(C(=O)N2CCCC2)c1. The van der Waals surface area contributed by atoms with Crippen LogP contribution >= 0.6 is 0 Å². The van der Waals surface area contributed by atoms with Crippen molar-refractivity contribution in [3.63, 3.8) is 0 Å². The molecular formula is C20H20N4O4. The molecule has 0 radical (unpaired) electrons. The number of fused-ring (bicyclic) bond motifs is 1. The van der Waals surface area contributed by atoms with Gasteiger partial charge in [0.2, 0.25) is 5.71 Å². The van der Waals surface area contributed by atoms with E-state index >= 15 is 0 Å². The summed E-state index contributed by atoms with van der Waals surface area (Å²) in [6.07, 6.45) is 3.30. The minimum absolute atomic E-state index is 0.0138. The van der Waals surface area contributed by atoms with Crippen LogP contribution in [0.5, 0.6) is 0 Å². The standard InChI is InChI=1S/C20H20N4O4/c1-12-15(16-18(26)22-11-23-19(16)28-12)17(25)21-10-13-5-4-6-14(9-13)20(27)24-7-2-3-8-24/h4-6,9,11H,2-3,7-8,10H2,1H3,(H,21,25)(H,22,23,26). The summed E-state index contributed by atoms with van der Waals surface area (Å²) in [6.45, 7) is 3.42. The van der Waals surface area contributed by atoms with Crippen LogP contribution in [-0.2, 0) is 6.54 Å². The van der Waals surface area contributed by atoms with Gasteiger partial charge in [-0.15, -0.1) is 0 Å². The van der Waals surface area contributed by atoms with Gasteiger partial charge in [0.1, 0.15) is 11.1 Å². The number of aryl methyl sites for hydroxylation is 1. The number of H-pyrrole nitrogens is 1. The van der Waals surface area contributed by atoms with E-state index in [0.29, 0.717) is 11.3 Å². The van der Waals surface area contributed by atoms with Crippen molar-refractivity contribution in [2.45, 2.75) is 26.3 Å². The summed E-state index contributed by atoms with van der Waals surface area (Å²) >= 11 is 0. The van der Waals surface area contributed by atoms with Gasteiger partial charge in [-0.2, -0.15) is 0 Å². The molecule has 0 atom stereocenters. The van der Waals surface area contributed by atoms with Crippen molar-refractivity contribution in [3.8, 4) is 0 Å². The van der Waals surface area contributed by atoms with Crippen LogP contribution in [0.4, 0.5) is 0 Å². The summed E-state index contributed by atoms with van der Waals surface area (Å²) in [4.78, 5) is 45.5. The normalized spacial score (nSPS) is 13.8. The van der Waals surface area contributed by atoms with E-state index in [2.05, 4.69) is 15.3 Å². The minimum atomic E-state index is -0.426. The number of carbonyl (C=O) groups excluding carboxylic acids is 2. The van der Waals surface area contributed by atoms with Gasteiger partial charge in [-0.25, -0.2) is 4.98 Å². The Kier molecular flexibility index (Phi) is 4.68. The molecule has 3 aromatic rings. The van der Waals surface area contributed by atoms with Gasteiger partial charge in [-0.1, -0.05) is 12.1 Å². The highest BCUT2D eigenvalue weighted by molar-refractivity contribution is 6.06. The zero-order valence-corrected chi connectivity index (χ0v) is 15.4. The number of nitrogens with zero attached hydrogens (tertiary/aromatic N) is 2. The fourth-order valence-corrected chi connectivity index (χ4v) is 3.51. The molecule has 2 amide bonds. The molecule has 1 aliphatic rings. The lowest BCUT2D eigenvalue weighted by Gasteiger charge is -2.15. The van der Waals surface area contributed by atoms with E-state index in [0.717, 1.165) is 31.5 Å². The Labute approximate surface area is 160 Å². The monoisotopic (exact) mass is 380 g/mol. The van der Waals surface area contributed by atoms with Crippen LogP contribution in [-0.4, -0.2) is 39.8 Å². The van der Waals surface area contributed by atoms with Crippen LogP contribution in [0.2, 0.25) is 0 Å². The maximum Gasteiger partial charge on any atom is 0.262 e. The summed E-state index contributed by atoms with van der Waals surface area (Å²) in [6, 6.07) is 7.22. The van der Waals surface area contributed by atoms with Gasteiger partial charge in [0, 0.05) is 25.2 Å². The Morgan fingerprint density at radius 1 is 1.29 bits per heavy atom. The second-order valence-electron chi connectivity index (χ2n) is 6.83. The first-order valence-electron chi connectivity index (χ1n) is 9.18. The molecule has 8 heteroatoms. The number of aromatic amines is 1. The molecule has 0 spiro atoms. The van der Waals surface area contributed by atoms with Gasteiger partial charge in [0.25, 0.3) is 17.4 Å². The number of furan rings is 1. The number of aromatic nitrogens is 2. The molecule has 1 saturated heterocycles. The molecule has 1 aromatic carbocycles. The number of hydrogen-bond donors (Lipinski definition) is 2. The first-order chi connectivity index (χ1) is 13.5. The number of amides is 2. The van der Waals surface area contributed by atoms with Gasteiger partial charge in [-0.05, 0) is 37.5 Å². The van der Waals surface area contributed by atoms with Crippen molar-refractivity contribution in [1.82, 2.24) is 20.2 Å². The largest absolute Gasteiger partial charge is 0.442 e. The molecule has 3 heterocycles. The van der Waals surface area contributed by atoms with Crippen molar-refractivity contribution >= 4 is 22.9 Å². The van der Waals surface area contributed by atoms with E-state index in [9.17, 15) is 14.4 Å². The molecule has 0 aliphatic carbocycles. The van der Waals surface area contributed by atoms with E-state index in [1.807, 2.05) is 11.0 Å². The quantitative estimate of drug-likeness (QED) is 0.720. The predicted molar refractivity (Wildman–Crippen MR) is 102 cm³/mol. The molecular weight excluding hydrogens is 360 g/mol. The molecule has 0 bridgehead atoms. The smallest absolute Gasteiger partial charge is 0.262 e. The molecule has 28 heavy (non-hydrogen) atoms. The topological polar surface area (TPSA) is 108 Å². The lowest BCUT2D eigenvalue weighted by molar-refractivity contribution is 0.0792. The average molecular weight is 380 g/mol. The number of rotatable bonds is 4. The Hall–Kier alpha value is -3.42. The van der Waals surface area contributed by atoms with E-state index in [-0.39, 0.29) is 29.1 Å². The van der Waals surface area contributed by atoms with Crippen LogP contribution in [0, 0.1) is 6.92 Å². The average Bonchev–Trinajstić information content (AvgIpc) is 3.34. The first kappa shape index (κ1) is 18.0. The molecule has 2 aromatic heterocycles. The van der Waals surface area contributed by atoms with Crippen molar-refractivity contribution in [1.29, 1.82) is 0 Å². The second-order valence-corrected chi connectivity index (χ2v) is 6.83. The Morgan fingerprint density at radius 3 is 2.86 bits per heavy atom. The zero-order chi connectivity index (χ0) is 19.7. The highest BCUT2D eigenvalue weighted by Gasteiger charge is 2.22. The number of carbonyl (C=O) groups is 2. The molecule has 4 rings (SSSR count). The highest BCUT2D eigenvalue weighted by atomic mass is 16.3. The van der Waals surface area contributed by atoms with Crippen LogP contribution in [0.1, 0.15) is 44.9 Å². The van der Waals surface area contributed by atoms with Crippen molar-refractivity contribution < 1.29 is 14.0 Å². The fraction of sp³-hybridized carbons (Fsp3) is 0.300. The lowest BCUT2D eigenvalue weighted by Crippen LogP contribution is -2.28. The van der Waals surface area contributed by atoms with Crippen molar-refractivity contribution in [2.24, 2.45) is 0 Å². The number of benzene rings is 1. The van der Waals surface area contributed by atoms with Gasteiger partial charge in [0.15, 0.2) is 0 Å². The molecule has 0 unspecified atom stereocenters. The number of likely N-dealkylation sites (tertiary alicyclic amines) is 1. The van der Waals surface area contributed by atoms with Gasteiger partial charge in [-0.3, -0.25) is 14.4 Å². The van der Waals surface area contributed by atoms with Crippen LogP contribution < -0.4 is 10.9 Å². The molecule has 144 valence electrons. The summed E-state index contributed by atoms with van der Waals surface area (Å²) in [7, 11) is 0. The van der Waals surface area contributed by atoms with E-state index in [1.54, 1.807) is 25.1 Å². The number of nitrogens with one attached hydrogen (secondary N) is 2. The molecule has 1 aliphatic heterocycles. The van der Waals surface area contributed by atoms with Crippen molar-refractivity contribution in [3.05, 3.63) is 63.4 Å². The van der Waals surface area contributed by atoms with Gasteiger partial charge in [0.05, 0.1) is 11.9 Å². The first-order valence-corrected chi connectivity index (χ1v) is 9.18. The van der Waals surface area contributed by atoms with Gasteiger partial charge < -0.3 is 19.6 Å². The van der Waals surface area contributed by atoms with Crippen LogP contribution in [0.3, 0.4) is 0 Å². The van der Waals surface area contributed by atoms with Crippen LogP contribution in [0.15, 0.2) is 39.8 Å². The van der Waals surface area contributed by atoms with Crippen molar-refractivity contribution in [2.75, 3.05) is 13.1 Å².